The molecule has 4 nitrogen and oxygen atoms in total. The third kappa shape index (κ3) is 4.50. The molecule has 0 bridgehead atoms. The second-order valence-electron chi connectivity index (χ2n) is 3.98. The Morgan fingerprint density at radius 1 is 1.18 bits per heavy atom. The quantitative estimate of drug-likeness (QED) is 0.769. The number of hydrogen-bond donors (Lipinski definition) is 2. The zero-order chi connectivity index (χ0) is 12.9. The van der Waals surface area contributed by atoms with E-state index in [-0.39, 0.29) is 0 Å². The second-order valence-corrected chi connectivity index (χ2v) is 5.14. The van der Waals surface area contributed by atoms with Gasteiger partial charge in [0.1, 0.15) is 5.75 Å². The summed E-state index contributed by atoms with van der Waals surface area (Å²) >= 11 is 0. The van der Waals surface area contributed by atoms with Crippen molar-refractivity contribution in [1.29, 1.82) is 0 Å². The van der Waals surface area contributed by atoms with Crippen molar-refractivity contribution in [2.24, 2.45) is 0 Å². The molecule has 0 aliphatic carbocycles. The Morgan fingerprint density at radius 2 is 1.82 bits per heavy atom. The smallest absolute Gasteiger partial charge is 0.404 e. The van der Waals surface area contributed by atoms with Crippen molar-refractivity contribution in [3.8, 4) is 5.75 Å². The lowest BCUT2D eigenvalue weighted by atomic mass is 9.99. The molecule has 17 heavy (non-hydrogen) atoms. The molecule has 0 amide bonds. The van der Waals surface area contributed by atoms with Gasteiger partial charge in [-0.1, -0.05) is 38.8 Å². The van der Waals surface area contributed by atoms with Gasteiger partial charge >= 0.3 is 7.82 Å². The first-order valence-corrected chi connectivity index (χ1v) is 7.36. The summed E-state index contributed by atoms with van der Waals surface area (Å²) < 4.78 is 15.6. The third-order valence-corrected chi connectivity index (χ3v) is 2.90. The minimum absolute atomic E-state index is 0.311. The fraction of sp³-hybridized carbons (Fsp3) is 0.500. The zero-order valence-electron chi connectivity index (χ0n) is 10.2. The van der Waals surface area contributed by atoms with Crippen LogP contribution in [0.25, 0.3) is 0 Å². The van der Waals surface area contributed by atoms with Crippen molar-refractivity contribution >= 4 is 7.82 Å². The van der Waals surface area contributed by atoms with Crippen LogP contribution in [0, 0.1) is 0 Å². The van der Waals surface area contributed by atoms with Gasteiger partial charge in [-0.3, -0.25) is 9.79 Å². The van der Waals surface area contributed by atoms with Crippen LogP contribution in [0.1, 0.15) is 37.8 Å². The Hall–Kier alpha value is -0.830. The molecular formula is C12H19O4P. The normalized spacial score (nSPS) is 11.5. The van der Waals surface area contributed by atoms with Gasteiger partial charge in [-0.15, -0.1) is 0 Å². The highest BCUT2D eigenvalue weighted by molar-refractivity contribution is 7.46. The van der Waals surface area contributed by atoms with E-state index in [1.807, 2.05) is 13.0 Å². The maximum Gasteiger partial charge on any atom is 0.524 e. The highest BCUT2D eigenvalue weighted by Gasteiger charge is 2.19. The summed E-state index contributed by atoms with van der Waals surface area (Å²) in [6, 6.07) is 5.37. The fourth-order valence-electron chi connectivity index (χ4n) is 1.86. The Kier molecular flexibility index (Phi) is 5.19. The number of aryl methyl sites for hydroxylation is 1. The van der Waals surface area contributed by atoms with E-state index in [9.17, 15) is 4.57 Å². The maximum atomic E-state index is 10.9. The van der Waals surface area contributed by atoms with Crippen molar-refractivity contribution in [2.45, 2.75) is 39.5 Å². The summed E-state index contributed by atoms with van der Waals surface area (Å²) in [5.41, 5.74) is 2.03. The molecule has 5 heteroatoms. The van der Waals surface area contributed by atoms with Gasteiger partial charge in [0.05, 0.1) is 0 Å². The lowest BCUT2D eigenvalue weighted by molar-refractivity contribution is 0.282. The first-order valence-electron chi connectivity index (χ1n) is 5.83. The molecule has 1 rings (SSSR count). The predicted molar refractivity (Wildman–Crippen MR) is 67.1 cm³/mol. The Bertz CT molecular complexity index is 411. The van der Waals surface area contributed by atoms with Gasteiger partial charge in [-0.25, -0.2) is 4.57 Å². The molecule has 0 radical (unpaired) electrons. The molecule has 1 aromatic carbocycles. The molecule has 0 heterocycles. The minimum atomic E-state index is -4.48. The van der Waals surface area contributed by atoms with Gasteiger partial charge in [0.15, 0.2) is 0 Å². The molecule has 0 saturated carbocycles. The molecule has 0 aromatic heterocycles. The first kappa shape index (κ1) is 14.2. The van der Waals surface area contributed by atoms with Crippen LogP contribution in [-0.2, 0) is 17.4 Å². The summed E-state index contributed by atoms with van der Waals surface area (Å²) in [7, 11) is -4.48. The van der Waals surface area contributed by atoms with Gasteiger partial charge in [-0.05, 0) is 30.0 Å². The first-order chi connectivity index (χ1) is 7.98. The lowest BCUT2D eigenvalue weighted by Gasteiger charge is -2.15. The van der Waals surface area contributed by atoms with E-state index < -0.39 is 7.82 Å². The van der Waals surface area contributed by atoms with Gasteiger partial charge in [0.2, 0.25) is 0 Å². The Labute approximate surface area is 102 Å². The average Bonchev–Trinajstić information content (AvgIpc) is 2.21. The molecule has 0 aliphatic rings. The highest BCUT2D eigenvalue weighted by atomic mass is 31.2. The van der Waals surface area contributed by atoms with Gasteiger partial charge in [-0.2, -0.15) is 0 Å². The topological polar surface area (TPSA) is 66.8 Å². The van der Waals surface area contributed by atoms with Crippen LogP contribution in [0.4, 0.5) is 0 Å². The van der Waals surface area contributed by atoms with E-state index in [1.165, 1.54) is 0 Å². The molecule has 2 N–H and O–H groups in total. The molecule has 0 fully saturated rings. The largest absolute Gasteiger partial charge is 0.524 e. The van der Waals surface area contributed by atoms with Crippen molar-refractivity contribution in [3.63, 3.8) is 0 Å². The molecule has 0 atom stereocenters. The molecule has 0 saturated heterocycles. The van der Waals surface area contributed by atoms with Crippen LogP contribution < -0.4 is 4.52 Å². The zero-order valence-corrected chi connectivity index (χ0v) is 11.1. The Morgan fingerprint density at radius 3 is 2.35 bits per heavy atom. The van der Waals surface area contributed by atoms with Crippen LogP contribution in [0.5, 0.6) is 5.75 Å². The van der Waals surface area contributed by atoms with Crippen molar-refractivity contribution < 1.29 is 18.9 Å². The predicted octanol–water partition coefficient (Wildman–Crippen LogP) is 3.06. The molecule has 0 unspecified atom stereocenters. The van der Waals surface area contributed by atoms with E-state index in [0.717, 1.165) is 36.8 Å². The standard InChI is InChI=1S/C12H19O4P/c1-3-6-10-8-5-9-12(11(10)7-4-2)16-17(13,14)15/h5,8-9H,3-4,6-7H2,1-2H3,(H2,13,14,15). The van der Waals surface area contributed by atoms with Crippen LogP contribution in [0.15, 0.2) is 18.2 Å². The van der Waals surface area contributed by atoms with Crippen molar-refractivity contribution in [2.75, 3.05) is 0 Å². The third-order valence-electron chi connectivity index (χ3n) is 2.47. The van der Waals surface area contributed by atoms with Gasteiger partial charge in [0.25, 0.3) is 0 Å². The number of benzene rings is 1. The monoisotopic (exact) mass is 258 g/mol. The van der Waals surface area contributed by atoms with E-state index in [1.54, 1.807) is 12.1 Å². The van der Waals surface area contributed by atoms with E-state index in [4.69, 9.17) is 14.3 Å². The maximum absolute atomic E-state index is 10.9. The molecule has 1 aromatic rings. The summed E-state index contributed by atoms with van der Waals surface area (Å²) in [5, 5.41) is 0. The van der Waals surface area contributed by atoms with Crippen LogP contribution >= 0.6 is 7.82 Å². The molecule has 0 aliphatic heterocycles. The summed E-state index contributed by atoms with van der Waals surface area (Å²) in [5.74, 6) is 0.311. The average molecular weight is 258 g/mol. The van der Waals surface area contributed by atoms with E-state index in [0.29, 0.717) is 5.75 Å². The van der Waals surface area contributed by atoms with Gasteiger partial charge < -0.3 is 4.52 Å². The summed E-state index contributed by atoms with van der Waals surface area (Å²) in [4.78, 5) is 17.7. The minimum Gasteiger partial charge on any atom is -0.404 e. The summed E-state index contributed by atoms with van der Waals surface area (Å²) in [6.07, 6.45) is 3.58. The molecule has 0 spiro atoms. The second kappa shape index (κ2) is 6.20. The number of rotatable bonds is 6. The summed E-state index contributed by atoms with van der Waals surface area (Å²) in [6.45, 7) is 4.11. The Balaban J connectivity index is 3.10. The van der Waals surface area contributed by atoms with Crippen LogP contribution in [0.3, 0.4) is 0 Å². The fourth-order valence-corrected chi connectivity index (χ4v) is 2.29. The highest BCUT2D eigenvalue weighted by Crippen LogP contribution is 2.40. The SMILES string of the molecule is CCCc1cccc(OP(=O)(O)O)c1CCC. The number of phosphoric acid groups is 1. The van der Waals surface area contributed by atoms with Crippen molar-refractivity contribution in [3.05, 3.63) is 29.3 Å². The molecule has 96 valence electrons. The van der Waals surface area contributed by atoms with E-state index >= 15 is 0 Å². The van der Waals surface area contributed by atoms with Crippen LogP contribution in [0.2, 0.25) is 0 Å². The van der Waals surface area contributed by atoms with Crippen molar-refractivity contribution in [1.82, 2.24) is 0 Å². The van der Waals surface area contributed by atoms with Crippen LogP contribution in [-0.4, -0.2) is 9.79 Å². The molecular weight excluding hydrogens is 239 g/mol. The number of hydrogen-bond acceptors (Lipinski definition) is 2. The number of phosphoric ester groups is 1. The lowest BCUT2D eigenvalue weighted by Crippen LogP contribution is -2.00. The van der Waals surface area contributed by atoms with Gasteiger partial charge in [0, 0.05) is 0 Å². The van der Waals surface area contributed by atoms with E-state index in [2.05, 4.69) is 6.92 Å².